The quantitative estimate of drug-likeness (QED) is 0.322. The number of pyridine rings is 1. The van der Waals surface area contributed by atoms with Crippen LogP contribution in [0.3, 0.4) is 0 Å². The zero-order valence-electron chi connectivity index (χ0n) is 21.4. The minimum Gasteiger partial charge on any atom is -0.493 e. The Morgan fingerprint density at radius 3 is 2.27 bits per heavy atom. The molecule has 0 saturated heterocycles. The number of hydrogen-bond acceptors (Lipinski definition) is 7. The summed E-state index contributed by atoms with van der Waals surface area (Å²) in [4.78, 5) is 21.7. The van der Waals surface area contributed by atoms with Crippen LogP contribution in [0.1, 0.15) is 28.3 Å². The number of methoxy groups -OCH3 is 4. The van der Waals surface area contributed by atoms with Crippen molar-refractivity contribution in [3.63, 3.8) is 0 Å². The molecule has 0 aliphatic carbocycles. The molecule has 4 aromatic rings. The van der Waals surface area contributed by atoms with Crippen molar-refractivity contribution in [2.45, 2.75) is 12.8 Å². The Balaban J connectivity index is 1.93. The summed E-state index contributed by atoms with van der Waals surface area (Å²) in [5, 5.41) is 11.0. The number of carboxylic acid groups (broad SMARTS) is 1. The number of imidazole rings is 1. The average molecular weight is 504 g/mol. The summed E-state index contributed by atoms with van der Waals surface area (Å²) < 4.78 is 23.8. The predicted octanol–water partition coefficient (Wildman–Crippen LogP) is 5.01. The van der Waals surface area contributed by atoms with Crippen molar-refractivity contribution in [3.8, 4) is 34.1 Å². The lowest BCUT2D eigenvalue weighted by Gasteiger charge is -2.17. The molecular formula is C28H29N3O6. The van der Waals surface area contributed by atoms with Gasteiger partial charge in [-0.3, -0.25) is 0 Å². The van der Waals surface area contributed by atoms with Gasteiger partial charge >= 0.3 is 5.97 Å². The average Bonchev–Trinajstić information content (AvgIpc) is 3.33. The highest BCUT2D eigenvalue weighted by Crippen LogP contribution is 2.41. The molecule has 2 heterocycles. The fraction of sp³-hybridized carbons (Fsp3) is 0.250. The van der Waals surface area contributed by atoms with Crippen LogP contribution < -0.4 is 18.9 Å². The molecule has 0 spiro atoms. The molecule has 0 aliphatic heterocycles. The van der Waals surface area contributed by atoms with E-state index in [4.69, 9.17) is 23.9 Å². The van der Waals surface area contributed by atoms with Crippen LogP contribution in [0.25, 0.3) is 28.1 Å². The number of ether oxygens (including phenoxy) is 4. The van der Waals surface area contributed by atoms with E-state index in [1.165, 1.54) is 14.2 Å². The Morgan fingerprint density at radius 2 is 1.65 bits per heavy atom. The molecule has 37 heavy (non-hydrogen) atoms. The molecule has 0 radical (unpaired) electrons. The summed E-state index contributed by atoms with van der Waals surface area (Å²) in [6.45, 7) is 0. The van der Waals surface area contributed by atoms with Gasteiger partial charge in [-0.2, -0.15) is 0 Å². The van der Waals surface area contributed by atoms with Gasteiger partial charge in [-0.25, -0.2) is 14.8 Å². The molecule has 0 unspecified atom stereocenters. The van der Waals surface area contributed by atoms with Crippen molar-refractivity contribution in [3.05, 3.63) is 65.9 Å². The summed E-state index contributed by atoms with van der Waals surface area (Å²) in [6, 6.07) is 8.79. The minimum atomic E-state index is -1.10. The number of benzene rings is 2. The second-order valence-corrected chi connectivity index (χ2v) is 8.24. The Labute approximate surface area is 214 Å². The number of carboxylic acids is 1. The highest BCUT2D eigenvalue weighted by molar-refractivity contribution is 6.09. The predicted molar refractivity (Wildman–Crippen MR) is 141 cm³/mol. The van der Waals surface area contributed by atoms with Crippen molar-refractivity contribution >= 4 is 22.9 Å². The second kappa shape index (κ2) is 11.0. The first kappa shape index (κ1) is 25.6. The zero-order chi connectivity index (χ0) is 26.5. The van der Waals surface area contributed by atoms with E-state index >= 15 is 0 Å². The van der Waals surface area contributed by atoms with E-state index in [1.807, 2.05) is 23.9 Å². The number of aryl methyl sites for hydroxylation is 2. The molecule has 4 rings (SSSR count). The lowest BCUT2D eigenvalue weighted by atomic mass is 9.93. The van der Waals surface area contributed by atoms with Gasteiger partial charge in [0, 0.05) is 42.9 Å². The Bertz CT molecular complexity index is 1470. The van der Waals surface area contributed by atoms with Crippen LogP contribution in [-0.2, 0) is 13.5 Å². The van der Waals surface area contributed by atoms with Gasteiger partial charge in [0.15, 0.2) is 23.0 Å². The molecule has 0 amide bonds. The Hall–Kier alpha value is -4.53. The summed E-state index contributed by atoms with van der Waals surface area (Å²) in [7, 11) is 8.10. The first-order chi connectivity index (χ1) is 17.9. The van der Waals surface area contributed by atoms with Crippen LogP contribution in [-0.4, -0.2) is 54.1 Å². The van der Waals surface area contributed by atoms with Crippen LogP contribution in [0.15, 0.2) is 48.8 Å². The minimum absolute atomic E-state index is 0.0696. The lowest BCUT2D eigenvalue weighted by molar-refractivity contribution is 0.0697. The monoisotopic (exact) mass is 503 g/mol. The molecule has 9 nitrogen and oxygen atoms in total. The smallest absolute Gasteiger partial charge is 0.338 e. The van der Waals surface area contributed by atoms with Crippen molar-refractivity contribution in [1.29, 1.82) is 0 Å². The summed E-state index contributed by atoms with van der Waals surface area (Å²) in [5.41, 5.74) is 2.09. The molecular weight excluding hydrogens is 474 g/mol. The molecule has 2 aromatic heterocycles. The maximum Gasteiger partial charge on any atom is 0.338 e. The summed E-state index contributed by atoms with van der Waals surface area (Å²) in [6.07, 6.45) is 8.68. The van der Waals surface area contributed by atoms with E-state index in [9.17, 15) is 9.90 Å². The summed E-state index contributed by atoms with van der Waals surface area (Å²) in [5.74, 6) is 1.82. The number of aromatic nitrogens is 3. The normalized spacial score (nSPS) is 11.2. The first-order valence-corrected chi connectivity index (χ1v) is 11.6. The van der Waals surface area contributed by atoms with Gasteiger partial charge in [-0.15, -0.1) is 0 Å². The number of hydrogen-bond donors (Lipinski definition) is 1. The third-order valence-corrected chi connectivity index (χ3v) is 6.14. The number of nitrogens with zero attached hydrogens (tertiary/aromatic N) is 3. The van der Waals surface area contributed by atoms with Crippen LogP contribution >= 0.6 is 0 Å². The molecule has 1 N–H and O–H groups in total. The third kappa shape index (κ3) is 5.06. The summed E-state index contributed by atoms with van der Waals surface area (Å²) >= 11 is 0. The van der Waals surface area contributed by atoms with Crippen LogP contribution in [0.2, 0.25) is 0 Å². The van der Waals surface area contributed by atoms with Crippen molar-refractivity contribution < 1.29 is 28.8 Å². The highest BCUT2D eigenvalue weighted by atomic mass is 16.5. The maximum atomic E-state index is 12.7. The largest absolute Gasteiger partial charge is 0.493 e. The highest BCUT2D eigenvalue weighted by Gasteiger charge is 2.23. The number of carbonyl (C=O) groups is 1. The van der Waals surface area contributed by atoms with E-state index in [0.29, 0.717) is 63.6 Å². The van der Waals surface area contributed by atoms with Crippen LogP contribution in [0, 0.1) is 0 Å². The molecule has 0 bridgehead atoms. The SMILES string of the molecule is COc1ccc(-c2c(C(=O)O)c(/C=C/CCc3nccn3C)nc3cc(OC)c(OC)cc23)cc1OC. The van der Waals surface area contributed by atoms with E-state index in [2.05, 4.69) is 4.98 Å². The number of allylic oxidation sites excluding steroid dienone is 1. The molecule has 192 valence electrons. The van der Waals surface area contributed by atoms with Gasteiger partial charge in [-0.1, -0.05) is 12.1 Å². The van der Waals surface area contributed by atoms with E-state index in [1.54, 1.807) is 56.8 Å². The molecule has 0 saturated carbocycles. The van der Waals surface area contributed by atoms with Gasteiger partial charge in [-0.05, 0) is 36.3 Å². The molecule has 0 aliphatic rings. The van der Waals surface area contributed by atoms with Gasteiger partial charge in [0.05, 0.1) is 45.2 Å². The third-order valence-electron chi connectivity index (χ3n) is 6.14. The van der Waals surface area contributed by atoms with Gasteiger partial charge in [0.1, 0.15) is 5.82 Å². The first-order valence-electron chi connectivity index (χ1n) is 11.6. The van der Waals surface area contributed by atoms with Crippen molar-refractivity contribution in [2.24, 2.45) is 7.05 Å². The molecule has 0 atom stereocenters. The standard InChI is InChI=1S/C28H29N3O6/c1-31-13-12-29-25(31)9-7-6-8-19-27(28(32)33)26(17-10-11-21(34-2)22(14-17)35-3)18-15-23(36-4)24(37-5)16-20(18)30-19/h6,8,10-16H,7,9H2,1-5H3,(H,32,33)/b8-6+. The lowest BCUT2D eigenvalue weighted by Crippen LogP contribution is -2.07. The Morgan fingerprint density at radius 1 is 0.973 bits per heavy atom. The number of aromatic carboxylic acids is 1. The molecule has 0 fully saturated rings. The van der Waals surface area contributed by atoms with Gasteiger partial charge in [0.25, 0.3) is 0 Å². The van der Waals surface area contributed by atoms with E-state index in [0.717, 1.165) is 5.82 Å². The van der Waals surface area contributed by atoms with Crippen LogP contribution in [0.5, 0.6) is 23.0 Å². The second-order valence-electron chi connectivity index (χ2n) is 8.24. The molecule has 9 heteroatoms. The zero-order valence-corrected chi connectivity index (χ0v) is 21.4. The van der Waals surface area contributed by atoms with Crippen molar-refractivity contribution in [1.82, 2.24) is 14.5 Å². The van der Waals surface area contributed by atoms with Gasteiger partial charge in [0.2, 0.25) is 0 Å². The maximum absolute atomic E-state index is 12.7. The van der Waals surface area contributed by atoms with E-state index < -0.39 is 5.97 Å². The van der Waals surface area contributed by atoms with E-state index in [-0.39, 0.29) is 5.56 Å². The fourth-order valence-electron chi connectivity index (χ4n) is 4.28. The van der Waals surface area contributed by atoms with Crippen molar-refractivity contribution in [2.75, 3.05) is 28.4 Å². The number of fused-ring (bicyclic) bond motifs is 1. The number of rotatable bonds is 10. The fourth-order valence-corrected chi connectivity index (χ4v) is 4.28. The topological polar surface area (TPSA) is 105 Å². The Kier molecular flexibility index (Phi) is 7.62. The van der Waals surface area contributed by atoms with Crippen LogP contribution in [0.4, 0.5) is 0 Å². The van der Waals surface area contributed by atoms with Gasteiger partial charge < -0.3 is 28.6 Å². The molecule has 2 aromatic carbocycles.